The summed E-state index contributed by atoms with van der Waals surface area (Å²) >= 11 is 0. The Hall–Kier alpha value is 0.110. The van der Waals surface area contributed by atoms with Crippen LogP contribution in [0.5, 0.6) is 0 Å². The first-order chi connectivity index (χ1) is 6.28. The molecule has 0 radical (unpaired) electrons. The van der Waals surface area contributed by atoms with E-state index in [2.05, 4.69) is 0 Å². The molecule has 15 heavy (non-hydrogen) atoms. The highest BCUT2D eigenvalue weighted by atomic mass is 31.2. The molecule has 0 aliphatic heterocycles. The molecule has 0 aliphatic rings. The zero-order valence-electron chi connectivity index (χ0n) is 10.8. The quantitative estimate of drug-likeness (QED) is 0.724. The molecular weight excluding hydrogens is 213 g/mol. The molecule has 0 unspecified atom stereocenters. The van der Waals surface area contributed by atoms with Gasteiger partial charge < -0.3 is 9.79 Å². The molecule has 0 rings (SSSR count). The van der Waals surface area contributed by atoms with Gasteiger partial charge in [-0.15, -0.1) is 0 Å². The first-order valence-electron chi connectivity index (χ1n) is 5.07. The van der Waals surface area contributed by atoms with E-state index in [9.17, 15) is 14.4 Å². The highest BCUT2D eigenvalue weighted by molar-refractivity contribution is 7.49. The predicted octanol–water partition coefficient (Wildman–Crippen LogP) is 2.47. The van der Waals surface area contributed by atoms with Gasteiger partial charge in [0, 0.05) is 6.04 Å². The molecule has 2 N–H and O–H groups in total. The zero-order chi connectivity index (χ0) is 12.7. The maximum absolute atomic E-state index is 11.3. The Morgan fingerprint density at radius 1 is 1.00 bits per heavy atom. The molecule has 0 aromatic heterocycles. The van der Waals surface area contributed by atoms with Gasteiger partial charge in [-0.3, -0.25) is 0 Å². The Labute approximate surface area is 92.9 Å². The Kier molecular flexibility index (Phi) is 4.20. The van der Waals surface area contributed by atoms with Gasteiger partial charge in [0.05, 0.1) is 0 Å². The second-order valence-corrected chi connectivity index (χ2v) is 7.88. The molecule has 0 saturated heterocycles. The first-order valence-corrected chi connectivity index (χ1v) is 6.63. The fourth-order valence-electron chi connectivity index (χ4n) is 2.57. The standard InChI is InChI=1S/C10H24NO3P/c1-9(2,3)8(10(4,5)6)11(7)15(12,13)14/h8H,1-7H3,(H2,12,13,14). The fourth-order valence-corrected chi connectivity index (χ4v) is 3.56. The number of nitrogens with zero attached hydrogens (tertiary/aromatic N) is 1. The molecule has 0 fully saturated rings. The molecule has 4 nitrogen and oxygen atoms in total. The third-order valence-electron chi connectivity index (χ3n) is 2.43. The minimum atomic E-state index is -4.17. The van der Waals surface area contributed by atoms with Gasteiger partial charge in [-0.2, -0.15) is 0 Å². The van der Waals surface area contributed by atoms with E-state index in [-0.39, 0.29) is 16.9 Å². The molecule has 0 saturated carbocycles. The summed E-state index contributed by atoms with van der Waals surface area (Å²) in [5.74, 6) is 0. The molecule has 0 aromatic rings. The van der Waals surface area contributed by atoms with Crippen LogP contribution in [0.1, 0.15) is 41.5 Å². The molecular formula is C10H24NO3P. The molecule has 0 atom stereocenters. The van der Waals surface area contributed by atoms with Crippen molar-refractivity contribution in [1.82, 2.24) is 4.67 Å². The summed E-state index contributed by atoms with van der Waals surface area (Å²) in [5.41, 5.74) is -0.373. The van der Waals surface area contributed by atoms with E-state index in [0.29, 0.717) is 0 Å². The molecule has 0 heterocycles. The van der Waals surface area contributed by atoms with Gasteiger partial charge in [0.1, 0.15) is 0 Å². The summed E-state index contributed by atoms with van der Waals surface area (Å²) in [5, 5.41) is 0. The molecule has 0 spiro atoms. The van der Waals surface area contributed by atoms with Gasteiger partial charge in [0.25, 0.3) is 0 Å². The summed E-state index contributed by atoms with van der Waals surface area (Å²) < 4.78 is 12.5. The SMILES string of the molecule is CN(C(C(C)(C)C)C(C)(C)C)P(=O)(O)O. The lowest BCUT2D eigenvalue weighted by Crippen LogP contribution is -2.48. The average molecular weight is 237 g/mol. The third-order valence-corrected chi connectivity index (χ3v) is 3.48. The Balaban J connectivity index is 5.25. The lowest BCUT2D eigenvalue weighted by Gasteiger charge is -2.46. The van der Waals surface area contributed by atoms with Crippen LogP contribution in [0.15, 0.2) is 0 Å². The highest BCUT2D eigenvalue weighted by Crippen LogP contribution is 2.49. The van der Waals surface area contributed by atoms with Crippen molar-refractivity contribution < 1.29 is 14.4 Å². The Bertz CT molecular complexity index is 245. The molecule has 0 aliphatic carbocycles. The van der Waals surface area contributed by atoms with Crippen LogP contribution in [0.4, 0.5) is 0 Å². The molecule has 0 aromatic carbocycles. The van der Waals surface area contributed by atoms with Crippen LogP contribution in [-0.4, -0.2) is 27.5 Å². The molecule has 5 heteroatoms. The Morgan fingerprint density at radius 2 is 1.27 bits per heavy atom. The van der Waals surface area contributed by atoms with E-state index < -0.39 is 7.75 Å². The van der Waals surface area contributed by atoms with Crippen LogP contribution in [0.3, 0.4) is 0 Å². The fraction of sp³-hybridized carbons (Fsp3) is 1.00. The van der Waals surface area contributed by atoms with Gasteiger partial charge >= 0.3 is 7.75 Å². The average Bonchev–Trinajstić information content (AvgIpc) is 1.76. The van der Waals surface area contributed by atoms with E-state index in [1.165, 1.54) is 11.7 Å². The highest BCUT2D eigenvalue weighted by Gasteiger charge is 2.43. The number of hydrogen-bond donors (Lipinski definition) is 2. The summed E-state index contributed by atoms with van der Waals surface area (Å²) in [6.45, 7) is 12.0. The van der Waals surface area contributed by atoms with Crippen molar-refractivity contribution >= 4 is 7.75 Å². The van der Waals surface area contributed by atoms with E-state index in [1.807, 2.05) is 41.5 Å². The first kappa shape index (κ1) is 15.1. The largest absolute Gasteiger partial charge is 0.403 e. The van der Waals surface area contributed by atoms with Crippen LogP contribution in [-0.2, 0) is 4.57 Å². The van der Waals surface area contributed by atoms with Crippen LogP contribution in [0, 0.1) is 10.8 Å². The van der Waals surface area contributed by atoms with Crippen molar-refractivity contribution in [3.63, 3.8) is 0 Å². The summed E-state index contributed by atoms with van der Waals surface area (Å²) in [4.78, 5) is 18.4. The smallest absolute Gasteiger partial charge is 0.312 e. The van der Waals surface area contributed by atoms with E-state index >= 15 is 0 Å². The van der Waals surface area contributed by atoms with Gasteiger partial charge in [-0.05, 0) is 17.9 Å². The number of rotatable bonds is 2. The second kappa shape index (κ2) is 4.17. The van der Waals surface area contributed by atoms with Crippen molar-refractivity contribution in [3.8, 4) is 0 Å². The van der Waals surface area contributed by atoms with Crippen LogP contribution < -0.4 is 0 Å². The summed E-state index contributed by atoms with van der Waals surface area (Å²) in [6, 6.07) is -0.189. The van der Waals surface area contributed by atoms with E-state index in [4.69, 9.17) is 0 Å². The summed E-state index contributed by atoms with van der Waals surface area (Å²) in [7, 11) is -2.68. The van der Waals surface area contributed by atoms with Gasteiger partial charge in [-0.25, -0.2) is 9.24 Å². The monoisotopic (exact) mass is 237 g/mol. The predicted molar refractivity (Wildman–Crippen MR) is 62.5 cm³/mol. The van der Waals surface area contributed by atoms with Crippen molar-refractivity contribution in [1.29, 1.82) is 0 Å². The maximum Gasteiger partial charge on any atom is 0.403 e. The second-order valence-electron chi connectivity index (χ2n) is 6.22. The van der Waals surface area contributed by atoms with Crippen molar-refractivity contribution in [2.75, 3.05) is 7.05 Å². The molecule has 92 valence electrons. The molecule has 0 amide bonds. The van der Waals surface area contributed by atoms with Gasteiger partial charge in [0.2, 0.25) is 0 Å². The van der Waals surface area contributed by atoms with Crippen molar-refractivity contribution in [2.45, 2.75) is 47.6 Å². The van der Waals surface area contributed by atoms with Crippen molar-refractivity contribution in [2.24, 2.45) is 10.8 Å². The van der Waals surface area contributed by atoms with Crippen LogP contribution in [0.2, 0.25) is 0 Å². The number of hydrogen-bond acceptors (Lipinski definition) is 1. The zero-order valence-corrected chi connectivity index (χ0v) is 11.7. The van der Waals surface area contributed by atoms with E-state index in [0.717, 1.165) is 0 Å². The topological polar surface area (TPSA) is 60.8 Å². The maximum atomic E-state index is 11.3. The van der Waals surface area contributed by atoms with Crippen molar-refractivity contribution in [3.05, 3.63) is 0 Å². The third kappa shape index (κ3) is 4.23. The summed E-state index contributed by atoms with van der Waals surface area (Å²) in [6.07, 6.45) is 0. The van der Waals surface area contributed by atoms with E-state index in [1.54, 1.807) is 0 Å². The minimum Gasteiger partial charge on any atom is -0.312 e. The minimum absolute atomic E-state index is 0.186. The lowest BCUT2D eigenvalue weighted by molar-refractivity contribution is 0.0676. The van der Waals surface area contributed by atoms with Crippen LogP contribution >= 0.6 is 7.75 Å². The Morgan fingerprint density at radius 3 is 1.33 bits per heavy atom. The normalized spacial score (nSPS) is 15.1. The van der Waals surface area contributed by atoms with Gasteiger partial charge in [0.15, 0.2) is 0 Å². The molecule has 0 bridgehead atoms. The van der Waals surface area contributed by atoms with Crippen LogP contribution in [0.25, 0.3) is 0 Å². The van der Waals surface area contributed by atoms with Gasteiger partial charge in [-0.1, -0.05) is 41.5 Å². The lowest BCUT2D eigenvalue weighted by atomic mass is 9.72.